The molecule has 5 rings (SSSR count). The molecular formula is C25H24S. The Labute approximate surface area is 159 Å². The normalized spacial score (nSPS) is 18.0. The zero-order valence-electron chi connectivity index (χ0n) is 15.7. The Kier molecular flexibility index (Phi) is 3.68. The Morgan fingerprint density at radius 3 is 2.81 bits per heavy atom. The van der Waals surface area contributed by atoms with Gasteiger partial charge in [0.2, 0.25) is 0 Å². The molecule has 26 heavy (non-hydrogen) atoms. The molecule has 1 aromatic heterocycles. The minimum absolute atomic E-state index is 0.575. The lowest BCUT2D eigenvalue weighted by molar-refractivity contribution is 0.767. The number of thiophene rings is 1. The highest BCUT2D eigenvalue weighted by Gasteiger charge is 2.23. The molecular weight excluding hydrogens is 332 g/mol. The van der Waals surface area contributed by atoms with Gasteiger partial charge >= 0.3 is 0 Å². The first-order chi connectivity index (χ1) is 12.6. The number of aryl methyl sites for hydroxylation is 2. The van der Waals surface area contributed by atoms with Gasteiger partial charge in [0, 0.05) is 15.5 Å². The van der Waals surface area contributed by atoms with Gasteiger partial charge in [0.1, 0.15) is 0 Å². The van der Waals surface area contributed by atoms with Crippen LogP contribution in [0, 0.1) is 13.8 Å². The van der Waals surface area contributed by atoms with Crippen molar-refractivity contribution in [1.29, 1.82) is 0 Å². The predicted octanol–water partition coefficient (Wildman–Crippen LogP) is 7.44. The number of fused-ring (bicyclic) bond motifs is 3. The van der Waals surface area contributed by atoms with E-state index in [0.717, 1.165) is 6.42 Å². The summed E-state index contributed by atoms with van der Waals surface area (Å²) in [6.45, 7) is 6.84. The van der Waals surface area contributed by atoms with Gasteiger partial charge in [-0.1, -0.05) is 42.0 Å². The van der Waals surface area contributed by atoms with Gasteiger partial charge in [-0.2, -0.15) is 0 Å². The van der Waals surface area contributed by atoms with Crippen molar-refractivity contribution in [2.45, 2.75) is 46.0 Å². The summed E-state index contributed by atoms with van der Waals surface area (Å²) in [5.41, 5.74) is 10.6. The smallest absolute Gasteiger partial charge is 0.0354 e. The Hall–Kier alpha value is -2.12. The molecule has 1 heterocycles. The summed E-state index contributed by atoms with van der Waals surface area (Å²) in [6.07, 6.45) is 8.21. The van der Waals surface area contributed by atoms with E-state index in [2.05, 4.69) is 69.3 Å². The van der Waals surface area contributed by atoms with E-state index >= 15 is 0 Å². The van der Waals surface area contributed by atoms with E-state index in [-0.39, 0.29) is 0 Å². The number of allylic oxidation sites excluding steroid dienone is 3. The summed E-state index contributed by atoms with van der Waals surface area (Å²) in [5.74, 6) is 0.575. The lowest BCUT2D eigenvalue weighted by atomic mass is 9.91. The van der Waals surface area contributed by atoms with Gasteiger partial charge in [-0.05, 0) is 90.9 Å². The molecule has 0 nitrogen and oxygen atoms in total. The highest BCUT2D eigenvalue weighted by atomic mass is 32.1. The third-order valence-corrected chi connectivity index (χ3v) is 7.48. The minimum atomic E-state index is 0.575. The SMILES string of the molecule is CC1=C(CCC2C=Cc3ccccc32)c2cc3sc(C)c(C)c3cc2C1. The van der Waals surface area contributed by atoms with E-state index in [1.165, 1.54) is 55.6 Å². The lowest BCUT2D eigenvalue weighted by Gasteiger charge is -2.13. The van der Waals surface area contributed by atoms with Crippen LogP contribution in [-0.4, -0.2) is 0 Å². The van der Waals surface area contributed by atoms with Gasteiger partial charge in [0.15, 0.2) is 0 Å². The summed E-state index contributed by atoms with van der Waals surface area (Å²) in [5, 5.41) is 1.47. The molecule has 0 bridgehead atoms. The van der Waals surface area contributed by atoms with Crippen molar-refractivity contribution in [2.75, 3.05) is 0 Å². The van der Waals surface area contributed by atoms with Crippen LogP contribution in [0.4, 0.5) is 0 Å². The average Bonchev–Trinajstić information content (AvgIpc) is 3.26. The molecule has 0 saturated carbocycles. The molecule has 2 aliphatic carbocycles. The molecule has 0 N–H and O–H groups in total. The van der Waals surface area contributed by atoms with Crippen LogP contribution in [0.25, 0.3) is 21.7 Å². The van der Waals surface area contributed by atoms with Crippen LogP contribution in [0.3, 0.4) is 0 Å². The maximum atomic E-state index is 2.47. The molecule has 0 spiro atoms. The molecule has 1 atom stereocenters. The maximum absolute atomic E-state index is 2.47. The zero-order valence-corrected chi connectivity index (χ0v) is 16.5. The summed E-state index contributed by atoms with van der Waals surface area (Å²) in [4.78, 5) is 1.46. The summed E-state index contributed by atoms with van der Waals surface area (Å²) >= 11 is 1.95. The molecule has 0 aliphatic heterocycles. The summed E-state index contributed by atoms with van der Waals surface area (Å²) in [6, 6.07) is 13.8. The van der Waals surface area contributed by atoms with Gasteiger partial charge in [0.05, 0.1) is 0 Å². The van der Waals surface area contributed by atoms with Gasteiger partial charge < -0.3 is 0 Å². The fourth-order valence-electron chi connectivity index (χ4n) is 4.71. The van der Waals surface area contributed by atoms with Crippen LogP contribution in [0.1, 0.15) is 58.4 Å². The van der Waals surface area contributed by atoms with Crippen molar-refractivity contribution >= 4 is 33.1 Å². The predicted molar refractivity (Wildman–Crippen MR) is 115 cm³/mol. The molecule has 0 radical (unpaired) electrons. The number of hydrogen-bond donors (Lipinski definition) is 0. The van der Waals surface area contributed by atoms with E-state index in [0.29, 0.717) is 5.92 Å². The molecule has 3 aromatic rings. The number of rotatable bonds is 3. The van der Waals surface area contributed by atoms with Crippen molar-refractivity contribution < 1.29 is 0 Å². The molecule has 0 amide bonds. The van der Waals surface area contributed by atoms with Crippen molar-refractivity contribution in [3.05, 3.63) is 80.7 Å². The lowest BCUT2D eigenvalue weighted by Crippen LogP contribution is -1.95. The second-order valence-corrected chi connectivity index (χ2v) is 9.11. The zero-order chi connectivity index (χ0) is 17.8. The Morgan fingerprint density at radius 2 is 1.92 bits per heavy atom. The van der Waals surface area contributed by atoms with Crippen molar-refractivity contribution in [3.63, 3.8) is 0 Å². The van der Waals surface area contributed by atoms with Crippen molar-refractivity contribution in [2.24, 2.45) is 0 Å². The van der Waals surface area contributed by atoms with E-state index in [1.807, 2.05) is 11.3 Å². The summed E-state index contributed by atoms with van der Waals surface area (Å²) in [7, 11) is 0. The number of benzene rings is 2. The highest BCUT2D eigenvalue weighted by molar-refractivity contribution is 7.19. The topological polar surface area (TPSA) is 0 Å². The van der Waals surface area contributed by atoms with Gasteiger partial charge in [-0.3, -0.25) is 0 Å². The maximum Gasteiger partial charge on any atom is 0.0354 e. The van der Waals surface area contributed by atoms with Crippen LogP contribution >= 0.6 is 11.3 Å². The number of hydrogen-bond acceptors (Lipinski definition) is 1. The first kappa shape index (κ1) is 16.1. The first-order valence-corrected chi connectivity index (χ1v) is 10.4. The van der Waals surface area contributed by atoms with Crippen molar-refractivity contribution in [1.82, 2.24) is 0 Å². The fourth-order valence-corrected chi connectivity index (χ4v) is 5.80. The third kappa shape index (κ3) is 2.41. The third-order valence-electron chi connectivity index (χ3n) is 6.31. The minimum Gasteiger partial charge on any atom is -0.140 e. The summed E-state index contributed by atoms with van der Waals surface area (Å²) < 4.78 is 1.46. The Bertz CT molecular complexity index is 1090. The molecule has 2 aromatic carbocycles. The van der Waals surface area contributed by atoms with Crippen LogP contribution in [0.5, 0.6) is 0 Å². The van der Waals surface area contributed by atoms with Crippen LogP contribution in [0.2, 0.25) is 0 Å². The average molecular weight is 357 g/mol. The molecule has 130 valence electrons. The fraction of sp³-hybridized carbons (Fsp3) is 0.280. The van der Waals surface area contributed by atoms with E-state index in [9.17, 15) is 0 Å². The van der Waals surface area contributed by atoms with E-state index < -0.39 is 0 Å². The Morgan fingerprint density at radius 1 is 1.08 bits per heavy atom. The first-order valence-electron chi connectivity index (χ1n) is 9.60. The highest BCUT2D eigenvalue weighted by Crippen LogP contribution is 2.43. The monoisotopic (exact) mass is 356 g/mol. The van der Waals surface area contributed by atoms with Crippen LogP contribution in [0.15, 0.2) is 48.0 Å². The van der Waals surface area contributed by atoms with Crippen LogP contribution in [-0.2, 0) is 6.42 Å². The van der Waals surface area contributed by atoms with Crippen molar-refractivity contribution in [3.8, 4) is 0 Å². The standard InChI is InChI=1S/C25H24S/c1-15-12-20-13-23-16(2)17(3)26-25(23)14-24(20)21(15)11-10-19-9-8-18-6-4-5-7-22(18)19/h4-9,13-14,19H,10-12H2,1-3H3. The van der Waals surface area contributed by atoms with Gasteiger partial charge in [0.25, 0.3) is 0 Å². The molecule has 0 fully saturated rings. The molecule has 1 unspecified atom stereocenters. The molecule has 0 saturated heterocycles. The second-order valence-electron chi connectivity index (χ2n) is 7.86. The van der Waals surface area contributed by atoms with E-state index in [4.69, 9.17) is 0 Å². The molecule has 2 aliphatic rings. The van der Waals surface area contributed by atoms with Crippen LogP contribution < -0.4 is 0 Å². The van der Waals surface area contributed by atoms with Gasteiger partial charge in [-0.25, -0.2) is 0 Å². The quantitative estimate of drug-likeness (QED) is 0.457. The second kappa shape index (κ2) is 5.96. The van der Waals surface area contributed by atoms with Gasteiger partial charge in [-0.15, -0.1) is 11.3 Å². The molecule has 1 heteroatoms. The van der Waals surface area contributed by atoms with E-state index in [1.54, 1.807) is 11.1 Å². The largest absolute Gasteiger partial charge is 0.140 e. The Balaban J connectivity index is 1.45.